The molecule has 1 aliphatic carbocycles. The van der Waals surface area contributed by atoms with E-state index in [0.29, 0.717) is 0 Å². The Labute approximate surface area is 143 Å². The fraction of sp³-hybridized carbons (Fsp3) is 0.579. The number of aryl methyl sites for hydroxylation is 1. The molecule has 1 aliphatic heterocycles. The highest BCUT2D eigenvalue weighted by molar-refractivity contribution is 7.98. The molecule has 0 spiro atoms. The maximum atomic E-state index is 3.71. The molecule has 2 aliphatic rings. The van der Waals surface area contributed by atoms with Gasteiger partial charge in [-0.1, -0.05) is 18.9 Å². The van der Waals surface area contributed by atoms with Crippen LogP contribution in [0.1, 0.15) is 30.9 Å². The van der Waals surface area contributed by atoms with Crippen LogP contribution in [0.2, 0.25) is 0 Å². The summed E-state index contributed by atoms with van der Waals surface area (Å²) in [4.78, 5) is 3.34. The van der Waals surface area contributed by atoms with E-state index in [4.69, 9.17) is 0 Å². The number of benzene rings is 1. The third-order valence-corrected chi connectivity index (χ3v) is 6.71. The summed E-state index contributed by atoms with van der Waals surface area (Å²) >= 11 is 1.91. The Hall–Kier alpha value is -0.970. The normalized spacial score (nSPS) is 25.6. The molecule has 3 atom stereocenters. The van der Waals surface area contributed by atoms with Gasteiger partial charge < -0.3 is 10.3 Å². The number of hydrogen-bond acceptors (Lipinski definition) is 3. The summed E-state index contributed by atoms with van der Waals surface area (Å²) in [6.45, 7) is 5.90. The van der Waals surface area contributed by atoms with Gasteiger partial charge in [-0.3, -0.25) is 4.72 Å². The Kier molecular flexibility index (Phi) is 4.65. The monoisotopic (exact) mass is 329 g/mol. The molecule has 23 heavy (non-hydrogen) atoms. The van der Waals surface area contributed by atoms with Gasteiger partial charge in [0.25, 0.3) is 0 Å². The van der Waals surface area contributed by atoms with Crippen molar-refractivity contribution in [3.8, 4) is 0 Å². The van der Waals surface area contributed by atoms with Crippen LogP contribution in [0.25, 0.3) is 10.9 Å². The van der Waals surface area contributed by atoms with Crippen molar-refractivity contribution in [1.82, 2.24) is 15.0 Å². The molecule has 3 N–H and O–H groups in total. The number of aromatic nitrogens is 1. The van der Waals surface area contributed by atoms with E-state index in [1.165, 1.54) is 43.1 Å². The summed E-state index contributed by atoms with van der Waals surface area (Å²) < 4.78 is 3.37. The average Bonchev–Trinajstić information content (AvgIpc) is 3.23. The summed E-state index contributed by atoms with van der Waals surface area (Å²) in [6, 6.07) is 6.97. The van der Waals surface area contributed by atoms with Gasteiger partial charge in [0.1, 0.15) is 0 Å². The summed E-state index contributed by atoms with van der Waals surface area (Å²) in [6.07, 6.45) is 7.17. The summed E-state index contributed by atoms with van der Waals surface area (Å²) in [7, 11) is 0. The minimum absolute atomic E-state index is 0.754. The Morgan fingerprint density at radius 1 is 1.30 bits per heavy atom. The fourth-order valence-corrected chi connectivity index (χ4v) is 4.97. The van der Waals surface area contributed by atoms with Crippen molar-refractivity contribution in [3.05, 3.63) is 35.5 Å². The molecule has 0 bridgehead atoms. The molecular formula is C19H27N3S. The maximum Gasteiger partial charge on any atom is 0.0456 e. The molecule has 3 nitrogen and oxygen atoms in total. The first-order chi connectivity index (χ1) is 11.3. The zero-order valence-corrected chi connectivity index (χ0v) is 14.7. The summed E-state index contributed by atoms with van der Waals surface area (Å²) in [5.41, 5.74) is 4.43. The van der Waals surface area contributed by atoms with Crippen LogP contribution < -0.4 is 10.0 Å². The lowest BCUT2D eigenvalue weighted by Gasteiger charge is -2.30. The van der Waals surface area contributed by atoms with Gasteiger partial charge in [-0.2, -0.15) is 0 Å². The van der Waals surface area contributed by atoms with Gasteiger partial charge in [-0.25, -0.2) is 0 Å². The molecule has 2 heterocycles. The molecule has 3 unspecified atom stereocenters. The van der Waals surface area contributed by atoms with E-state index in [0.717, 1.165) is 30.2 Å². The molecule has 2 aromatic rings. The number of hydrogen-bond donors (Lipinski definition) is 3. The lowest BCUT2D eigenvalue weighted by atomic mass is 9.77. The largest absolute Gasteiger partial charge is 0.361 e. The van der Waals surface area contributed by atoms with Gasteiger partial charge in [0.2, 0.25) is 0 Å². The standard InChI is InChI=1S/C19H27N3S/c1-13(11-20-12-18-5-7-22-23-18)14-2-3-15-10-19-16(4-6-21-19)9-17(15)8-14/h4,6,9-10,13-14,18,20-22H,2-3,5,7-8,11-12H2,1H3. The number of fused-ring (bicyclic) bond motifs is 2. The van der Waals surface area contributed by atoms with Crippen LogP contribution in [-0.4, -0.2) is 29.9 Å². The van der Waals surface area contributed by atoms with Crippen molar-refractivity contribution in [2.45, 2.75) is 37.9 Å². The molecule has 1 saturated heterocycles. The van der Waals surface area contributed by atoms with Crippen LogP contribution >= 0.6 is 11.9 Å². The van der Waals surface area contributed by atoms with Crippen LogP contribution in [0.15, 0.2) is 24.4 Å². The topological polar surface area (TPSA) is 39.8 Å². The van der Waals surface area contributed by atoms with Crippen LogP contribution in [0, 0.1) is 11.8 Å². The molecule has 1 aromatic heterocycles. The molecule has 1 aromatic carbocycles. The van der Waals surface area contributed by atoms with E-state index in [1.807, 2.05) is 11.9 Å². The van der Waals surface area contributed by atoms with Crippen molar-refractivity contribution in [3.63, 3.8) is 0 Å². The van der Waals surface area contributed by atoms with Gasteiger partial charge >= 0.3 is 0 Å². The Morgan fingerprint density at radius 2 is 2.26 bits per heavy atom. The molecule has 4 rings (SSSR count). The lowest BCUT2D eigenvalue weighted by molar-refractivity contribution is 0.309. The van der Waals surface area contributed by atoms with Gasteiger partial charge in [0, 0.05) is 30.1 Å². The van der Waals surface area contributed by atoms with E-state index in [9.17, 15) is 0 Å². The van der Waals surface area contributed by atoms with Gasteiger partial charge in [-0.15, -0.1) is 0 Å². The predicted octanol–water partition coefficient (Wildman–Crippen LogP) is 3.51. The van der Waals surface area contributed by atoms with E-state index >= 15 is 0 Å². The Balaban J connectivity index is 1.34. The lowest BCUT2D eigenvalue weighted by Crippen LogP contribution is -2.32. The predicted molar refractivity (Wildman–Crippen MR) is 99.8 cm³/mol. The minimum atomic E-state index is 0.754. The van der Waals surface area contributed by atoms with Crippen molar-refractivity contribution in [2.24, 2.45) is 11.8 Å². The Bertz CT molecular complexity index is 660. The van der Waals surface area contributed by atoms with Crippen molar-refractivity contribution in [1.29, 1.82) is 0 Å². The second kappa shape index (κ2) is 6.88. The quantitative estimate of drug-likeness (QED) is 0.735. The first-order valence-electron chi connectivity index (χ1n) is 8.97. The van der Waals surface area contributed by atoms with Crippen molar-refractivity contribution in [2.75, 3.05) is 19.6 Å². The molecular weight excluding hydrogens is 302 g/mol. The molecule has 0 saturated carbocycles. The van der Waals surface area contributed by atoms with Crippen LogP contribution in [0.3, 0.4) is 0 Å². The Morgan fingerprint density at radius 3 is 3.13 bits per heavy atom. The third kappa shape index (κ3) is 3.44. The van der Waals surface area contributed by atoms with Crippen molar-refractivity contribution >= 4 is 22.9 Å². The zero-order chi connectivity index (χ0) is 15.6. The molecule has 124 valence electrons. The highest BCUT2D eigenvalue weighted by Crippen LogP contribution is 2.32. The van der Waals surface area contributed by atoms with E-state index in [-0.39, 0.29) is 0 Å². The second-order valence-corrected chi connectivity index (χ2v) is 8.44. The smallest absolute Gasteiger partial charge is 0.0456 e. The highest BCUT2D eigenvalue weighted by atomic mass is 32.2. The highest BCUT2D eigenvalue weighted by Gasteiger charge is 2.24. The van der Waals surface area contributed by atoms with Crippen LogP contribution in [0.5, 0.6) is 0 Å². The van der Waals surface area contributed by atoms with Crippen LogP contribution in [-0.2, 0) is 12.8 Å². The summed E-state index contributed by atoms with van der Waals surface area (Å²) in [5.74, 6) is 1.57. The van der Waals surface area contributed by atoms with E-state index < -0.39 is 0 Å². The number of nitrogens with one attached hydrogen (secondary N) is 3. The zero-order valence-electron chi connectivity index (χ0n) is 13.9. The van der Waals surface area contributed by atoms with Crippen molar-refractivity contribution < 1.29 is 0 Å². The first-order valence-corrected chi connectivity index (χ1v) is 9.85. The first kappa shape index (κ1) is 15.6. The third-order valence-electron chi connectivity index (χ3n) is 5.60. The molecule has 0 amide bonds. The number of aromatic amines is 1. The number of rotatable bonds is 5. The average molecular weight is 330 g/mol. The molecule has 4 heteroatoms. The van der Waals surface area contributed by atoms with Gasteiger partial charge in [-0.05, 0) is 78.8 Å². The van der Waals surface area contributed by atoms with E-state index in [1.54, 1.807) is 11.1 Å². The molecule has 0 radical (unpaired) electrons. The molecule has 1 fully saturated rings. The summed E-state index contributed by atoms with van der Waals surface area (Å²) in [5, 5.41) is 5.83. The van der Waals surface area contributed by atoms with E-state index in [2.05, 4.69) is 46.3 Å². The maximum absolute atomic E-state index is 3.71. The van der Waals surface area contributed by atoms with Gasteiger partial charge in [0.15, 0.2) is 0 Å². The number of H-pyrrole nitrogens is 1. The second-order valence-electron chi connectivity index (χ2n) is 7.25. The minimum Gasteiger partial charge on any atom is -0.361 e. The van der Waals surface area contributed by atoms with Crippen LogP contribution in [0.4, 0.5) is 0 Å². The fourth-order valence-electron chi connectivity index (χ4n) is 4.06. The SMILES string of the molecule is CC(CNCC1CCNS1)C1CCc2cc3[nH]ccc3cc2C1. The van der Waals surface area contributed by atoms with Gasteiger partial charge in [0.05, 0.1) is 0 Å².